The number of nitrogens with zero attached hydrogens (tertiary/aromatic N) is 3. The molecule has 2 heterocycles. The maximum absolute atomic E-state index is 5.88. The van der Waals surface area contributed by atoms with Gasteiger partial charge in [-0.1, -0.05) is 29.8 Å². The van der Waals surface area contributed by atoms with Gasteiger partial charge in [-0.15, -0.1) is 0 Å². The summed E-state index contributed by atoms with van der Waals surface area (Å²) >= 11 is 5.37. The molecule has 1 N–H and O–H groups in total. The number of aromatic amines is 1. The maximum atomic E-state index is 5.88. The minimum Gasteiger partial charge on any atom is -0.493 e. The number of ether oxygens (including phenoxy) is 2. The largest absolute Gasteiger partial charge is 0.493 e. The van der Waals surface area contributed by atoms with Crippen LogP contribution in [0.5, 0.6) is 11.5 Å². The Bertz CT molecular complexity index is 1080. The third-order valence-corrected chi connectivity index (χ3v) is 4.87. The van der Waals surface area contributed by atoms with Gasteiger partial charge in [-0.25, -0.2) is 5.10 Å². The average Bonchev–Trinajstić information content (AvgIpc) is 3.22. The van der Waals surface area contributed by atoms with E-state index in [1.54, 1.807) is 10.9 Å². The summed E-state index contributed by atoms with van der Waals surface area (Å²) in [6.45, 7) is 6.66. The van der Waals surface area contributed by atoms with E-state index in [9.17, 15) is 0 Å². The summed E-state index contributed by atoms with van der Waals surface area (Å²) in [5, 5.41) is 11.7. The number of H-pyrrole nitrogens is 1. The minimum absolute atomic E-state index is 0.173. The Labute approximate surface area is 168 Å². The predicted octanol–water partition coefficient (Wildman–Crippen LogP) is 4.52. The van der Waals surface area contributed by atoms with E-state index in [1.807, 2.05) is 50.2 Å². The van der Waals surface area contributed by atoms with E-state index in [0.29, 0.717) is 17.2 Å². The van der Waals surface area contributed by atoms with E-state index in [1.165, 1.54) is 5.56 Å². The summed E-state index contributed by atoms with van der Waals surface area (Å²) in [6, 6.07) is 12.1. The molecule has 3 aromatic rings. The number of hydrogen-bond donors (Lipinski definition) is 1. The number of hydrogen-bond acceptors (Lipinski definition) is 5. The molecule has 1 aliphatic heterocycles. The number of fused-ring (bicyclic) bond motifs is 1. The summed E-state index contributed by atoms with van der Waals surface area (Å²) in [7, 11) is 0. The molecule has 0 radical (unpaired) electrons. The number of aryl methyl sites for hydroxylation is 1. The van der Waals surface area contributed by atoms with E-state index in [0.717, 1.165) is 34.6 Å². The van der Waals surface area contributed by atoms with Gasteiger partial charge in [0.25, 0.3) is 0 Å². The quantitative estimate of drug-likeness (QED) is 0.510. The van der Waals surface area contributed by atoms with Crippen LogP contribution in [0.3, 0.4) is 0 Å². The fourth-order valence-electron chi connectivity index (χ4n) is 3.24. The first kappa shape index (κ1) is 18.4. The number of benzene rings is 2. The smallest absolute Gasteiger partial charge is 0.216 e. The molecule has 0 saturated heterocycles. The Balaban J connectivity index is 1.72. The van der Waals surface area contributed by atoms with Crippen molar-refractivity contribution in [3.8, 4) is 22.9 Å². The first-order chi connectivity index (χ1) is 13.5. The van der Waals surface area contributed by atoms with Crippen LogP contribution in [0.1, 0.15) is 30.5 Å². The summed E-state index contributed by atoms with van der Waals surface area (Å²) < 4.78 is 13.7. The van der Waals surface area contributed by atoms with Gasteiger partial charge in [0.1, 0.15) is 17.6 Å². The van der Waals surface area contributed by atoms with E-state index >= 15 is 0 Å². The van der Waals surface area contributed by atoms with Crippen molar-refractivity contribution in [3.63, 3.8) is 0 Å². The van der Waals surface area contributed by atoms with Crippen molar-refractivity contribution < 1.29 is 9.47 Å². The van der Waals surface area contributed by atoms with Gasteiger partial charge < -0.3 is 9.47 Å². The molecule has 1 aromatic heterocycles. The fraction of sp³-hybridized carbons (Fsp3) is 0.286. The molecule has 2 aromatic carbocycles. The van der Waals surface area contributed by atoms with Crippen molar-refractivity contribution in [2.24, 2.45) is 5.10 Å². The van der Waals surface area contributed by atoms with Crippen molar-refractivity contribution in [2.75, 3.05) is 6.61 Å². The first-order valence-corrected chi connectivity index (χ1v) is 9.71. The fourth-order valence-corrected chi connectivity index (χ4v) is 3.42. The van der Waals surface area contributed by atoms with Crippen LogP contribution in [0.4, 0.5) is 0 Å². The van der Waals surface area contributed by atoms with Crippen molar-refractivity contribution in [2.45, 2.75) is 33.3 Å². The lowest BCUT2D eigenvalue weighted by Crippen LogP contribution is -2.05. The lowest BCUT2D eigenvalue weighted by atomic mass is 10.1. The molecule has 0 saturated carbocycles. The van der Waals surface area contributed by atoms with Crippen LogP contribution in [0.25, 0.3) is 11.4 Å². The van der Waals surface area contributed by atoms with Crippen molar-refractivity contribution in [1.29, 1.82) is 0 Å². The number of nitrogens with one attached hydrogen (secondary N) is 1. The van der Waals surface area contributed by atoms with E-state index in [4.69, 9.17) is 21.7 Å². The Morgan fingerprint density at radius 1 is 1.36 bits per heavy atom. The Hall–Kier alpha value is -2.93. The van der Waals surface area contributed by atoms with Gasteiger partial charge in [0.15, 0.2) is 5.82 Å². The molecular weight excluding hydrogens is 372 g/mol. The second-order valence-electron chi connectivity index (χ2n) is 6.84. The lowest BCUT2D eigenvalue weighted by Gasteiger charge is -2.09. The third kappa shape index (κ3) is 3.57. The Morgan fingerprint density at radius 3 is 2.89 bits per heavy atom. The highest BCUT2D eigenvalue weighted by molar-refractivity contribution is 7.71. The molecule has 0 bridgehead atoms. The first-order valence-electron chi connectivity index (χ1n) is 9.30. The molecular formula is C21H22N4O2S. The minimum atomic E-state index is 0.173. The standard InChI is InChI=1S/C21H22N4O2S/c1-4-26-18-10-16-9-14(3)27-19(16)11-17(18)12-22-25-20(23-24-21(25)28)15-7-5-13(2)6-8-15/h5-8,10-12,14H,4,9H2,1-3H3,(H,24,28)/b22-12-/t14-/m1/s1. The molecule has 144 valence electrons. The molecule has 4 rings (SSSR count). The molecule has 1 aliphatic rings. The highest BCUT2D eigenvalue weighted by atomic mass is 32.1. The molecule has 0 spiro atoms. The molecule has 0 unspecified atom stereocenters. The Kier molecular flexibility index (Phi) is 5.00. The molecule has 7 heteroatoms. The zero-order chi connectivity index (χ0) is 19.7. The van der Waals surface area contributed by atoms with Gasteiger partial charge in [-0.05, 0) is 45.1 Å². The topological polar surface area (TPSA) is 64.4 Å². The van der Waals surface area contributed by atoms with Gasteiger partial charge >= 0.3 is 0 Å². The average molecular weight is 395 g/mol. The molecule has 0 aliphatic carbocycles. The van der Waals surface area contributed by atoms with Crippen LogP contribution in [0, 0.1) is 11.7 Å². The number of rotatable bonds is 5. The summed E-state index contributed by atoms with van der Waals surface area (Å²) in [5.41, 5.74) is 4.12. The van der Waals surface area contributed by atoms with Crippen molar-refractivity contribution in [1.82, 2.24) is 14.9 Å². The van der Waals surface area contributed by atoms with Crippen LogP contribution in [0.2, 0.25) is 0 Å². The van der Waals surface area contributed by atoms with Gasteiger partial charge in [-0.2, -0.15) is 14.9 Å². The zero-order valence-electron chi connectivity index (χ0n) is 16.1. The van der Waals surface area contributed by atoms with Crippen LogP contribution >= 0.6 is 12.2 Å². The monoisotopic (exact) mass is 394 g/mol. The van der Waals surface area contributed by atoms with E-state index in [-0.39, 0.29) is 6.10 Å². The SMILES string of the molecule is CCOc1cc2c(cc1/C=N\n1c(-c3ccc(C)cc3)n[nH]c1=S)O[C@H](C)C2. The normalized spacial score (nSPS) is 15.6. The van der Waals surface area contributed by atoms with Crippen LogP contribution in [-0.4, -0.2) is 33.8 Å². The second-order valence-corrected chi connectivity index (χ2v) is 7.22. The van der Waals surface area contributed by atoms with E-state index < -0.39 is 0 Å². The van der Waals surface area contributed by atoms with Crippen molar-refractivity contribution >= 4 is 18.4 Å². The molecule has 0 amide bonds. The van der Waals surface area contributed by atoms with Gasteiger partial charge in [0.2, 0.25) is 4.77 Å². The highest BCUT2D eigenvalue weighted by Crippen LogP contribution is 2.34. The van der Waals surface area contributed by atoms with Crippen LogP contribution in [0.15, 0.2) is 41.5 Å². The summed E-state index contributed by atoms with van der Waals surface area (Å²) in [6.07, 6.45) is 2.80. The maximum Gasteiger partial charge on any atom is 0.216 e. The summed E-state index contributed by atoms with van der Waals surface area (Å²) in [5.74, 6) is 2.33. The Morgan fingerprint density at radius 2 is 2.14 bits per heavy atom. The van der Waals surface area contributed by atoms with E-state index in [2.05, 4.69) is 22.2 Å². The zero-order valence-corrected chi connectivity index (χ0v) is 16.9. The van der Waals surface area contributed by atoms with Gasteiger partial charge in [0, 0.05) is 23.1 Å². The van der Waals surface area contributed by atoms with Crippen LogP contribution < -0.4 is 9.47 Å². The van der Waals surface area contributed by atoms with Gasteiger partial charge in [-0.3, -0.25) is 0 Å². The highest BCUT2D eigenvalue weighted by Gasteiger charge is 2.21. The van der Waals surface area contributed by atoms with Crippen LogP contribution in [-0.2, 0) is 6.42 Å². The summed E-state index contributed by atoms with van der Waals surface area (Å²) in [4.78, 5) is 0. The van der Waals surface area contributed by atoms with Crippen molar-refractivity contribution in [3.05, 3.63) is 57.9 Å². The molecule has 6 nitrogen and oxygen atoms in total. The molecule has 0 fully saturated rings. The molecule has 28 heavy (non-hydrogen) atoms. The number of aromatic nitrogens is 3. The molecule has 1 atom stereocenters. The lowest BCUT2D eigenvalue weighted by molar-refractivity contribution is 0.254. The third-order valence-electron chi connectivity index (χ3n) is 4.60. The second kappa shape index (κ2) is 7.59. The predicted molar refractivity (Wildman–Crippen MR) is 112 cm³/mol. The van der Waals surface area contributed by atoms with Gasteiger partial charge in [0.05, 0.1) is 12.8 Å².